The van der Waals surface area contributed by atoms with Gasteiger partial charge in [-0.15, -0.1) is 0 Å². The van der Waals surface area contributed by atoms with Crippen LogP contribution < -0.4 is 5.32 Å². The van der Waals surface area contributed by atoms with E-state index in [0.29, 0.717) is 0 Å². The highest BCUT2D eigenvalue weighted by Gasteiger charge is 2.13. The van der Waals surface area contributed by atoms with Crippen molar-refractivity contribution in [3.63, 3.8) is 0 Å². The van der Waals surface area contributed by atoms with Crippen molar-refractivity contribution < 1.29 is 0 Å². The highest BCUT2D eigenvalue weighted by atomic mass is 15.3. The molecule has 0 aliphatic heterocycles. The molecule has 2 aromatic carbocycles. The summed E-state index contributed by atoms with van der Waals surface area (Å²) in [6.07, 6.45) is 3.39. The molecule has 0 atom stereocenters. The van der Waals surface area contributed by atoms with E-state index in [0.717, 1.165) is 39.4 Å². The lowest BCUT2D eigenvalue weighted by Crippen LogP contribution is -2.02. The lowest BCUT2D eigenvalue weighted by molar-refractivity contribution is 0.886. The van der Waals surface area contributed by atoms with Crippen molar-refractivity contribution in [2.75, 3.05) is 5.32 Å². The molecule has 0 unspecified atom stereocenters. The van der Waals surface area contributed by atoms with Gasteiger partial charge in [0, 0.05) is 5.69 Å². The van der Waals surface area contributed by atoms with E-state index in [2.05, 4.69) is 65.4 Å². The van der Waals surface area contributed by atoms with E-state index in [4.69, 9.17) is 0 Å². The molecule has 5 heteroatoms. The third kappa shape index (κ3) is 2.74. The van der Waals surface area contributed by atoms with Crippen LogP contribution in [-0.2, 0) is 0 Å². The zero-order valence-corrected chi connectivity index (χ0v) is 14.5. The Kier molecular flexibility index (Phi) is 3.69. The van der Waals surface area contributed by atoms with Gasteiger partial charge in [-0.05, 0) is 44.0 Å². The topological polar surface area (TPSA) is 55.6 Å². The van der Waals surface area contributed by atoms with E-state index < -0.39 is 0 Å². The predicted molar refractivity (Wildman–Crippen MR) is 101 cm³/mol. The van der Waals surface area contributed by atoms with Gasteiger partial charge in [0.2, 0.25) is 0 Å². The van der Waals surface area contributed by atoms with E-state index >= 15 is 0 Å². The SMILES string of the molecule is Cc1ccc(-n2ncc3c(Nc4ccccc4C)ncnc32)c(C)c1. The first-order valence-corrected chi connectivity index (χ1v) is 8.22. The molecule has 1 N–H and O–H groups in total. The van der Waals surface area contributed by atoms with Gasteiger partial charge in [-0.1, -0.05) is 35.9 Å². The fraction of sp³-hybridized carbons (Fsp3) is 0.150. The Hall–Kier alpha value is -3.21. The van der Waals surface area contributed by atoms with Crippen molar-refractivity contribution in [1.29, 1.82) is 0 Å². The fourth-order valence-electron chi connectivity index (χ4n) is 3.00. The number of para-hydroxylation sites is 1. The summed E-state index contributed by atoms with van der Waals surface area (Å²) in [5.41, 5.74) is 6.41. The Labute approximate surface area is 146 Å². The largest absolute Gasteiger partial charge is 0.339 e. The molecule has 0 saturated heterocycles. The molecule has 0 fully saturated rings. The number of fused-ring (bicyclic) bond motifs is 1. The number of rotatable bonds is 3. The van der Waals surface area contributed by atoms with E-state index in [1.165, 1.54) is 5.56 Å². The average molecular weight is 329 g/mol. The third-order valence-corrected chi connectivity index (χ3v) is 4.34. The van der Waals surface area contributed by atoms with Gasteiger partial charge in [-0.2, -0.15) is 5.10 Å². The first kappa shape index (κ1) is 15.3. The minimum Gasteiger partial charge on any atom is -0.339 e. The molecule has 4 aromatic rings. The second-order valence-electron chi connectivity index (χ2n) is 6.25. The Morgan fingerprint density at radius 3 is 2.56 bits per heavy atom. The van der Waals surface area contributed by atoms with Crippen molar-refractivity contribution in [2.45, 2.75) is 20.8 Å². The minimum atomic E-state index is 0.760. The van der Waals surface area contributed by atoms with E-state index in [1.807, 2.05) is 29.1 Å². The van der Waals surface area contributed by atoms with Crippen molar-refractivity contribution >= 4 is 22.5 Å². The number of hydrogen-bond donors (Lipinski definition) is 1. The smallest absolute Gasteiger partial charge is 0.168 e. The Balaban J connectivity index is 1.82. The number of aromatic nitrogens is 4. The fourth-order valence-corrected chi connectivity index (χ4v) is 3.00. The van der Waals surface area contributed by atoms with E-state index in [-0.39, 0.29) is 0 Å². The maximum atomic E-state index is 4.55. The third-order valence-electron chi connectivity index (χ3n) is 4.34. The zero-order chi connectivity index (χ0) is 17.4. The molecule has 5 nitrogen and oxygen atoms in total. The Morgan fingerprint density at radius 1 is 0.920 bits per heavy atom. The monoisotopic (exact) mass is 329 g/mol. The van der Waals surface area contributed by atoms with Gasteiger partial charge in [-0.25, -0.2) is 14.6 Å². The van der Waals surface area contributed by atoms with Crippen LogP contribution in [0.15, 0.2) is 55.0 Å². The van der Waals surface area contributed by atoms with E-state index in [9.17, 15) is 0 Å². The van der Waals surface area contributed by atoms with Crippen LogP contribution in [0, 0.1) is 20.8 Å². The summed E-state index contributed by atoms with van der Waals surface area (Å²) in [7, 11) is 0. The summed E-state index contributed by atoms with van der Waals surface area (Å²) < 4.78 is 1.87. The van der Waals surface area contributed by atoms with Crippen molar-refractivity contribution in [1.82, 2.24) is 19.7 Å². The zero-order valence-electron chi connectivity index (χ0n) is 14.5. The van der Waals surface area contributed by atoms with Crippen LogP contribution in [-0.4, -0.2) is 19.7 Å². The van der Waals surface area contributed by atoms with Gasteiger partial charge in [-0.3, -0.25) is 0 Å². The van der Waals surface area contributed by atoms with Gasteiger partial charge in [0.1, 0.15) is 12.1 Å². The summed E-state index contributed by atoms with van der Waals surface area (Å²) in [6.45, 7) is 6.24. The van der Waals surface area contributed by atoms with Gasteiger partial charge in [0.05, 0.1) is 17.3 Å². The maximum absolute atomic E-state index is 4.55. The first-order valence-electron chi connectivity index (χ1n) is 8.22. The van der Waals surface area contributed by atoms with Gasteiger partial charge in [0.25, 0.3) is 0 Å². The lowest BCUT2D eigenvalue weighted by Gasteiger charge is -2.10. The van der Waals surface area contributed by atoms with Crippen LogP contribution >= 0.6 is 0 Å². The first-order chi connectivity index (χ1) is 12.1. The summed E-state index contributed by atoms with van der Waals surface area (Å²) >= 11 is 0. The standard InChI is InChI=1S/C20H19N5/c1-13-8-9-18(15(3)10-13)25-20-16(11-23-25)19(21-12-22-20)24-17-7-5-4-6-14(17)2/h4-12H,1-3H3,(H,21,22,24). The Morgan fingerprint density at radius 2 is 1.76 bits per heavy atom. The molecule has 2 heterocycles. The number of nitrogens with zero attached hydrogens (tertiary/aromatic N) is 4. The van der Waals surface area contributed by atoms with Crippen molar-refractivity contribution in [2.24, 2.45) is 0 Å². The van der Waals surface area contributed by atoms with Crippen LogP contribution in [0.3, 0.4) is 0 Å². The summed E-state index contributed by atoms with van der Waals surface area (Å²) in [4.78, 5) is 8.87. The molecule has 4 rings (SSSR count). The summed E-state index contributed by atoms with van der Waals surface area (Å²) in [6, 6.07) is 14.5. The molecule has 25 heavy (non-hydrogen) atoms. The summed E-state index contributed by atoms with van der Waals surface area (Å²) in [5, 5.41) is 8.85. The van der Waals surface area contributed by atoms with Crippen LogP contribution in [0.1, 0.15) is 16.7 Å². The average Bonchev–Trinajstić information content (AvgIpc) is 3.02. The quantitative estimate of drug-likeness (QED) is 0.602. The molecule has 0 bridgehead atoms. The van der Waals surface area contributed by atoms with Gasteiger partial charge >= 0.3 is 0 Å². The number of hydrogen-bond acceptors (Lipinski definition) is 4. The van der Waals surface area contributed by atoms with E-state index in [1.54, 1.807) is 6.33 Å². The summed E-state index contributed by atoms with van der Waals surface area (Å²) in [5.74, 6) is 0.760. The van der Waals surface area contributed by atoms with Crippen LogP contribution in [0.25, 0.3) is 16.7 Å². The minimum absolute atomic E-state index is 0.760. The van der Waals surface area contributed by atoms with Crippen LogP contribution in [0.2, 0.25) is 0 Å². The number of aryl methyl sites for hydroxylation is 3. The lowest BCUT2D eigenvalue weighted by atomic mass is 10.1. The molecule has 0 aliphatic rings. The van der Waals surface area contributed by atoms with Crippen molar-refractivity contribution in [3.8, 4) is 5.69 Å². The Bertz CT molecular complexity index is 1060. The van der Waals surface area contributed by atoms with Crippen LogP contribution in [0.4, 0.5) is 11.5 Å². The molecular formula is C20H19N5. The number of anilines is 2. The molecule has 2 aromatic heterocycles. The van der Waals surface area contributed by atoms with Crippen LogP contribution in [0.5, 0.6) is 0 Å². The second kappa shape index (κ2) is 6.02. The molecule has 0 spiro atoms. The van der Waals surface area contributed by atoms with Gasteiger partial charge in [0.15, 0.2) is 5.65 Å². The molecule has 0 radical (unpaired) electrons. The molecular weight excluding hydrogens is 310 g/mol. The number of benzene rings is 2. The molecule has 0 saturated carbocycles. The molecule has 0 amide bonds. The molecule has 0 aliphatic carbocycles. The highest BCUT2D eigenvalue weighted by Crippen LogP contribution is 2.26. The van der Waals surface area contributed by atoms with Gasteiger partial charge < -0.3 is 5.32 Å². The maximum Gasteiger partial charge on any atom is 0.168 e. The second-order valence-corrected chi connectivity index (χ2v) is 6.25. The normalized spacial score (nSPS) is 11.0. The predicted octanol–water partition coefficient (Wildman–Crippen LogP) is 4.48. The molecule has 124 valence electrons. The highest BCUT2D eigenvalue weighted by molar-refractivity contribution is 5.89. The number of nitrogens with one attached hydrogen (secondary N) is 1. The van der Waals surface area contributed by atoms with Crippen molar-refractivity contribution in [3.05, 3.63) is 71.7 Å².